The Kier molecular flexibility index (Phi) is 4.07. The van der Waals surface area contributed by atoms with E-state index in [0.717, 1.165) is 23.5 Å². The minimum absolute atomic E-state index is 0.235. The molecule has 1 aromatic rings. The van der Waals surface area contributed by atoms with Crippen molar-refractivity contribution in [3.63, 3.8) is 0 Å². The van der Waals surface area contributed by atoms with Crippen LogP contribution in [0.15, 0.2) is 0 Å². The Morgan fingerprint density at radius 2 is 2.07 bits per heavy atom. The lowest BCUT2D eigenvalue weighted by atomic mass is 10.3. The van der Waals surface area contributed by atoms with Crippen LogP contribution in [0.2, 0.25) is 0 Å². The number of thiazole rings is 1. The molecule has 1 rings (SSSR count). The Balaban J connectivity index is 2.93. The number of rotatable bonds is 4. The highest BCUT2D eigenvalue weighted by Gasteiger charge is 2.16. The third-order valence-electron chi connectivity index (χ3n) is 1.84. The van der Waals surface area contributed by atoms with Crippen LogP contribution in [0.5, 0.6) is 0 Å². The van der Waals surface area contributed by atoms with E-state index in [4.69, 9.17) is 4.74 Å². The monoisotopic (exact) mass is 213 g/mol. The molecule has 4 heteroatoms. The van der Waals surface area contributed by atoms with Gasteiger partial charge in [-0.2, -0.15) is 0 Å². The Labute approximate surface area is 88.1 Å². The number of aryl methyl sites for hydroxylation is 2. The van der Waals surface area contributed by atoms with Crippen LogP contribution < -0.4 is 0 Å². The van der Waals surface area contributed by atoms with Crippen molar-refractivity contribution in [1.82, 2.24) is 4.98 Å². The number of carbonyl (C=O) groups excluding carboxylic acids is 1. The highest BCUT2D eigenvalue weighted by atomic mass is 32.1. The molecule has 0 bridgehead atoms. The summed E-state index contributed by atoms with van der Waals surface area (Å²) in [6, 6.07) is 0. The van der Waals surface area contributed by atoms with E-state index in [1.54, 1.807) is 0 Å². The van der Waals surface area contributed by atoms with E-state index in [1.807, 2.05) is 20.8 Å². The molecule has 14 heavy (non-hydrogen) atoms. The molecule has 0 radical (unpaired) electrons. The standard InChI is InChI=1S/C10H15NO2S/c1-4-7-9(10(12)13-6-3)14-8(5-2)11-7/h4-6H2,1-3H3. The van der Waals surface area contributed by atoms with E-state index >= 15 is 0 Å². The molecule has 0 aliphatic rings. The predicted octanol–water partition coefficient (Wildman–Crippen LogP) is 2.44. The van der Waals surface area contributed by atoms with Crippen LogP contribution >= 0.6 is 11.3 Å². The van der Waals surface area contributed by atoms with Gasteiger partial charge >= 0.3 is 5.97 Å². The molecule has 0 aliphatic heterocycles. The van der Waals surface area contributed by atoms with Gasteiger partial charge in [0.15, 0.2) is 0 Å². The maximum atomic E-state index is 11.5. The minimum Gasteiger partial charge on any atom is -0.462 e. The molecule has 0 saturated carbocycles. The van der Waals surface area contributed by atoms with Gasteiger partial charge < -0.3 is 4.74 Å². The highest BCUT2D eigenvalue weighted by Crippen LogP contribution is 2.20. The summed E-state index contributed by atoms with van der Waals surface area (Å²) in [5, 5.41) is 1.00. The van der Waals surface area contributed by atoms with Crippen molar-refractivity contribution < 1.29 is 9.53 Å². The van der Waals surface area contributed by atoms with Gasteiger partial charge in [0.2, 0.25) is 0 Å². The Morgan fingerprint density at radius 1 is 1.36 bits per heavy atom. The van der Waals surface area contributed by atoms with E-state index < -0.39 is 0 Å². The zero-order chi connectivity index (χ0) is 10.6. The summed E-state index contributed by atoms with van der Waals surface area (Å²) in [5.41, 5.74) is 0.866. The van der Waals surface area contributed by atoms with Crippen molar-refractivity contribution in [2.45, 2.75) is 33.6 Å². The number of nitrogens with zero attached hydrogens (tertiary/aromatic N) is 1. The fraction of sp³-hybridized carbons (Fsp3) is 0.600. The van der Waals surface area contributed by atoms with Crippen LogP contribution in [0, 0.1) is 0 Å². The van der Waals surface area contributed by atoms with Gasteiger partial charge in [0.1, 0.15) is 4.88 Å². The zero-order valence-electron chi connectivity index (χ0n) is 8.79. The lowest BCUT2D eigenvalue weighted by molar-refractivity contribution is 0.0530. The number of esters is 1. The second-order valence-electron chi connectivity index (χ2n) is 2.81. The van der Waals surface area contributed by atoms with Crippen LogP contribution in [0.4, 0.5) is 0 Å². The summed E-state index contributed by atoms with van der Waals surface area (Å²) in [6.45, 7) is 6.26. The molecule has 1 aromatic heterocycles. The molecule has 3 nitrogen and oxygen atoms in total. The topological polar surface area (TPSA) is 39.2 Å². The summed E-state index contributed by atoms with van der Waals surface area (Å²) in [7, 11) is 0. The van der Waals surface area contributed by atoms with Gasteiger partial charge in [-0.05, 0) is 19.8 Å². The number of hydrogen-bond acceptors (Lipinski definition) is 4. The Hall–Kier alpha value is -0.900. The fourth-order valence-corrected chi connectivity index (χ4v) is 2.13. The molecule has 0 spiro atoms. The first-order valence-corrected chi connectivity index (χ1v) is 5.70. The number of ether oxygens (including phenoxy) is 1. The molecule has 0 fully saturated rings. The molecule has 0 atom stereocenters. The summed E-state index contributed by atoms with van der Waals surface area (Å²) >= 11 is 1.45. The molecule has 0 aliphatic carbocycles. The maximum absolute atomic E-state index is 11.5. The van der Waals surface area contributed by atoms with Gasteiger partial charge in [0.25, 0.3) is 0 Å². The van der Waals surface area contributed by atoms with Gasteiger partial charge in [0.05, 0.1) is 17.3 Å². The molecule has 1 heterocycles. The van der Waals surface area contributed by atoms with Gasteiger partial charge in [-0.15, -0.1) is 11.3 Å². The summed E-state index contributed by atoms with van der Waals surface area (Å²) < 4.78 is 4.96. The SMILES string of the molecule is CCOC(=O)c1sc(CC)nc1CC. The second kappa shape index (κ2) is 5.10. The molecular weight excluding hydrogens is 198 g/mol. The Morgan fingerprint density at radius 3 is 2.57 bits per heavy atom. The van der Waals surface area contributed by atoms with E-state index in [9.17, 15) is 4.79 Å². The zero-order valence-corrected chi connectivity index (χ0v) is 9.61. The minimum atomic E-state index is -0.235. The predicted molar refractivity (Wildman–Crippen MR) is 56.8 cm³/mol. The molecule has 0 saturated heterocycles. The third kappa shape index (κ3) is 2.32. The molecule has 78 valence electrons. The van der Waals surface area contributed by atoms with Crippen LogP contribution in [0.25, 0.3) is 0 Å². The molecule has 0 amide bonds. The quantitative estimate of drug-likeness (QED) is 0.721. The van der Waals surface area contributed by atoms with Crippen molar-refractivity contribution >= 4 is 17.3 Å². The lowest BCUT2D eigenvalue weighted by Crippen LogP contribution is -2.05. The first kappa shape index (κ1) is 11.2. The van der Waals surface area contributed by atoms with E-state index in [2.05, 4.69) is 4.98 Å². The van der Waals surface area contributed by atoms with Crippen LogP contribution in [-0.2, 0) is 17.6 Å². The van der Waals surface area contributed by atoms with Gasteiger partial charge in [0, 0.05) is 0 Å². The van der Waals surface area contributed by atoms with Crippen molar-refractivity contribution in [3.05, 3.63) is 15.6 Å². The van der Waals surface area contributed by atoms with Crippen molar-refractivity contribution in [3.8, 4) is 0 Å². The molecular formula is C10H15NO2S. The Bertz CT molecular complexity index is 320. The molecule has 0 N–H and O–H groups in total. The van der Waals surface area contributed by atoms with Crippen molar-refractivity contribution in [2.75, 3.05) is 6.61 Å². The van der Waals surface area contributed by atoms with E-state index in [1.165, 1.54) is 11.3 Å². The second-order valence-corrected chi connectivity index (χ2v) is 3.89. The third-order valence-corrected chi connectivity index (χ3v) is 3.06. The average molecular weight is 213 g/mol. The smallest absolute Gasteiger partial charge is 0.350 e. The van der Waals surface area contributed by atoms with Crippen LogP contribution in [-0.4, -0.2) is 17.6 Å². The van der Waals surface area contributed by atoms with E-state index in [-0.39, 0.29) is 5.97 Å². The highest BCUT2D eigenvalue weighted by molar-refractivity contribution is 7.13. The fourth-order valence-electron chi connectivity index (χ4n) is 1.15. The van der Waals surface area contributed by atoms with Gasteiger partial charge in [-0.25, -0.2) is 9.78 Å². The number of hydrogen-bond donors (Lipinski definition) is 0. The number of aromatic nitrogens is 1. The average Bonchev–Trinajstić information content (AvgIpc) is 2.61. The molecule has 0 aromatic carbocycles. The molecule has 0 unspecified atom stereocenters. The largest absolute Gasteiger partial charge is 0.462 e. The summed E-state index contributed by atoms with van der Waals surface area (Å²) in [6.07, 6.45) is 1.65. The summed E-state index contributed by atoms with van der Waals surface area (Å²) in [4.78, 5) is 16.5. The summed E-state index contributed by atoms with van der Waals surface area (Å²) in [5.74, 6) is -0.235. The first-order valence-electron chi connectivity index (χ1n) is 4.88. The maximum Gasteiger partial charge on any atom is 0.350 e. The number of carbonyl (C=O) groups is 1. The lowest BCUT2D eigenvalue weighted by Gasteiger charge is -1.99. The van der Waals surface area contributed by atoms with Crippen LogP contribution in [0.3, 0.4) is 0 Å². The van der Waals surface area contributed by atoms with Gasteiger partial charge in [-0.3, -0.25) is 0 Å². The van der Waals surface area contributed by atoms with Gasteiger partial charge in [-0.1, -0.05) is 13.8 Å². The van der Waals surface area contributed by atoms with Crippen LogP contribution in [0.1, 0.15) is 41.1 Å². The van der Waals surface area contributed by atoms with Crippen molar-refractivity contribution in [2.24, 2.45) is 0 Å². The normalized spacial score (nSPS) is 10.2. The van der Waals surface area contributed by atoms with Crippen molar-refractivity contribution in [1.29, 1.82) is 0 Å². The van der Waals surface area contributed by atoms with E-state index in [0.29, 0.717) is 11.5 Å². The first-order chi connectivity index (χ1) is 6.72.